The first-order valence-corrected chi connectivity index (χ1v) is 6.03. The van der Waals surface area contributed by atoms with Crippen molar-refractivity contribution in [2.24, 2.45) is 0 Å². The van der Waals surface area contributed by atoms with E-state index in [1.807, 2.05) is 12.1 Å². The molecule has 2 amide bonds. The van der Waals surface area contributed by atoms with E-state index in [1.54, 1.807) is 38.2 Å². The number of pyridine rings is 1. The molecule has 2 N–H and O–H groups in total. The third-order valence-corrected chi connectivity index (χ3v) is 2.52. The molecule has 0 saturated carbocycles. The Hall–Kier alpha value is -2.43. The van der Waals surface area contributed by atoms with Gasteiger partial charge in [0, 0.05) is 17.6 Å². The molecule has 0 saturated heterocycles. The summed E-state index contributed by atoms with van der Waals surface area (Å²) in [5.41, 5.74) is 1.35. The smallest absolute Gasteiger partial charge is 0.313 e. The van der Waals surface area contributed by atoms with Gasteiger partial charge in [0.05, 0.1) is 11.2 Å². The molecule has 5 heteroatoms. The molecule has 0 atom stereocenters. The van der Waals surface area contributed by atoms with Crippen LogP contribution in [0.15, 0.2) is 36.5 Å². The highest BCUT2D eigenvalue weighted by Crippen LogP contribution is 2.20. The van der Waals surface area contributed by atoms with E-state index in [0.29, 0.717) is 5.69 Å². The highest BCUT2D eigenvalue weighted by molar-refractivity contribution is 6.40. The van der Waals surface area contributed by atoms with E-state index in [4.69, 9.17) is 0 Å². The fraction of sp³-hybridized carbons (Fsp3) is 0.214. The number of anilines is 1. The Kier molecular flexibility index (Phi) is 3.75. The van der Waals surface area contributed by atoms with Crippen molar-refractivity contribution in [2.75, 3.05) is 5.32 Å². The summed E-state index contributed by atoms with van der Waals surface area (Å²) < 4.78 is 0. The van der Waals surface area contributed by atoms with E-state index in [9.17, 15) is 9.59 Å². The molecule has 0 aliphatic carbocycles. The summed E-state index contributed by atoms with van der Waals surface area (Å²) in [6, 6.07) is 8.92. The van der Waals surface area contributed by atoms with Gasteiger partial charge in [0.15, 0.2) is 0 Å². The van der Waals surface area contributed by atoms with E-state index >= 15 is 0 Å². The zero-order valence-corrected chi connectivity index (χ0v) is 10.8. The van der Waals surface area contributed by atoms with Crippen LogP contribution in [-0.4, -0.2) is 22.8 Å². The van der Waals surface area contributed by atoms with Gasteiger partial charge >= 0.3 is 11.8 Å². The average Bonchev–Trinajstić information content (AvgIpc) is 2.38. The lowest BCUT2D eigenvalue weighted by atomic mass is 10.2. The highest BCUT2D eigenvalue weighted by atomic mass is 16.2. The second-order valence-corrected chi connectivity index (χ2v) is 4.46. The van der Waals surface area contributed by atoms with Crippen molar-refractivity contribution in [3.8, 4) is 0 Å². The molecule has 98 valence electrons. The number of carbonyl (C=O) groups is 2. The number of nitrogens with zero attached hydrogens (tertiary/aromatic N) is 1. The molecule has 0 aliphatic rings. The molecule has 0 bridgehead atoms. The summed E-state index contributed by atoms with van der Waals surface area (Å²) in [7, 11) is 0. The molecular weight excluding hydrogens is 242 g/mol. The summed E-state index contributed by atoms with van der Waals surface area (Å²) in [6.45, 7) is 3.60. The summed E-state index contributed by atoms with van der Waals surface area (Å²) in [4.78, 5) is 27.5. The van der Waals surface area contributed by atoms with Crippen molar-refractivity contribution in [3.63, 3.8) is 0 Å². The van der Waals surface area contributed by atoms with Crippen LogP contribution in [0, 0.1) is 0 Å². The standard InChI is InChI=1S/C14H15N3O2/c1-9(2)16-13(18)14(19)17-12-7-3-6-11-10(12)5-4-8-15-11/h3-9H,1-2H3,(H,16,18)(H,17,19). The lowest BCUT2D eigenvalue weighted by Gasteiger charge is -2.10. The topological polar surface area (TPSA) is 71.1 Å². The lowest BCUT2D eigenvalue weighted by molar-refractivity contribution is -0.136. The zero-order valence-electron chi connectivity index (χ0n) is 10.8. The van der Waals surface area contributed by atoms with Gasteiger partial charge in [-0.2, -0.15) is 0 Å². The van der Waals surface area contributed by atoms with Crippen molar-refractivity contribution in [1.82, 2.24) is 10.3 Å². The van der Waals surface area contributed by atoms with Crippen LogP contribution >= 0.6 is 0 Å². The fourth-order valence-corrected chi connectivity index (χ4v) is 1.72. The molecule has 1 heterocycles. The Labute approximate surface area is 111 Å². The first-order valence-electron chi connectivity index (χ1n) is 6.03. The first-order chi connectivity index (χ1) is 9.08. The number of nitrogens with one attached hydrogen (secondary N) is 2. The number of amides is 2. The van der Waals surface area contributed by atoms with Crippen molar-refractivity contribution < 1.29 is 9.59 Å². The molecule has 19 heavy (non-hydrogen) atoms. The zero-order chi connectivity index (χ0) is 13.8. The average molecular weight is 257 g/mol. The predicted molar refractivity (Wildman–Crippen MR) is 73.7 cm³/mol. The van der Waals surface area contributed by atoms with Crippen molar-refractivity contribution in [2.45, 2.75) is 19.9 Å². The largest absolute Gasteiger partial charge is 0.346 e. The summed E-state index contributed by atoms with van der Waals surface area (Å²) in [5, 5.41) is 5.94. The normalized spacial score (nSPS) is 10.5. The van der Waals surface area contributed by atoms with Gasteiger partial charge in [-0.05, 0) is 38.1 Å². The Morgan fingerprint density at radius 2 is 1.89 bits per heavy atom. The Morgan fingerprint density at radius 1 is 1.11 bits per heavy atom. The number of fused-ring (bicyclic) bond motifs is 1. The van der Waals surface area contributed by atoms with Crippen molar-refractivity contribution in [1.29, 1.82) is 0 Å². The van der Waals surface area contributed by atoms with Crippen LogP contribution in [0.4, 0.5) is 5.69 Å². The molecule has 5 nitrogen and oxygen atoms in total. The van der Waals surface area contributed by atoms with Crippen LogP contribution in [0.1, 0.15) is 13.8 Å². The highest BCUT2D eigenvalue weighted by Gasteiger charge is 2.15. The predicted octanol–water partition coefficient (Wildman–Crippen LogP) is 1.70. The van der Waals surface area contributed by atoms with Gasteiger partial charge in [0.2, 0.25) is 0 Å². The van der Waals surface area contributed by atoms with Crippen LogP contribution in [0.3, 0.4) is 0 Å². The molecule has 0 unspecified atom stereocenters. The van der Waals surface area contributed by atoms with Crippen LogP contribution in [0.5, 0.6) is 0 Å². The Balaban J connectivity index is 2.22. The number of carbonyl (C=O) groups excluding carboxylic acids is 2. The number of aromatic nitrogens is 1. The second-order valence-electron chi connectivity index (χ2n) is 4.46. The minimum Gasteiger partial charge on any atom is -0.346 e. The van der Waals surface area contributed by atoms with Gasteiger partial charge in [-0.15, -0.1) is 0 Å². The minimum absolute atomic E-state index is 0.0764. The number of hydrogen-bond acceptors (Lipinski definition) is 3. The second kappa shape index (κ2) is 5.48. The van der Waals surface area contributed by atoms with Gasteiger partial charge in [0.25, 0.3) is 0 Å². The third-order valence-electron chi connectivity index (χ3n) is 2.52. The van der Waals surface area contributed by atoms with Crippen molar-refractivity contribution >= 4 is 28.4 Å². The van der Waals surface area contributed by atoms with Crippen molar-refractivity contribution in [3.05, 3.63) is 36.5 Å². The van der Waals surface area contributed by atoms with E-state index in [1.165, 1.54) is 0 Å². The maximum atomic E-state index is 11.7. The Bertz CT molecular complexity index is 618. The van der Waals surface area contributed by atoms with E-state index in [0.717, 1.165) is 10.9 Å². The summed E-state index contributed by atoms with van der Waals surface area (Å²) in [5.74, 6) is -1.32. The van der Waals surface area contributed by atoms with Gasteiger partial charge in [-0.1, -0.05) is 6.07 Å². The van der Waals surface area contributed by atoms with E-state index < -0.39 is 11.8 Å². The summed E-state index contributed by atoms with van der Waals surface area (Å²) in [6.07, 6.45) is 1.68. The maximum absolute atomic E-state index is 11.7. The monoisotopic (exact) mass is 257 g/mol. The third kappa shape index (κ3) is 3.07. The van der Waals surface area contributed by atoms with Gasteiger partial charge in [0.1, 0.15) is 0 Å². The molecular formula is C14H15N3O2. The van der Waals surface area contributed by atoms with Gasteiger partial charge in [-0.25, -0.2) is 0 Å². The van der Waals surface area contributed by atoms with E-state index in [-0.39, 0.29) is 6.04 Å². The van der Waals surface area contributed by atoms with Gasteiger partial charge < -0.3 is 10.6 Å². The molecule has 1 aromatic heterocycles. The molecule has 2 rings (SSSR count). The number of hydrogen-bond donors (Lipinski definition) is 2. The quantitative estimate of drug-likeness (QED) is 0.804. The van der Waals surface area contributed by atoms with Gasteiger partial charge in [-0.3, -0.25) is 14.6 Å². The molecule has 0 fully saturated rings. The Morgan fingerprint density at radius 3 is 2.63 bits per heavy atom. The summed E-state index contributed by atoms with van der Waals surface area (Å²) >= 11 is 0. The van der Waals surface area contributed by atoms with Crippen LogP contribution < -0.4 is 10.6 Å². The molecule has 0 radical (unpaired) electrons. The maximum Gasteiger partial charge on any atom is 0.313 e. The van der Waals surface area contributed by atoms with E-state index in [2.05, 4.69) is 15.6 Å². The minimum atomic E-state index is -0.676. The fourth-order valence-electron chi connectivity index (χ4n) is 1.72. The van der Waals surface area contributed by atoms with Crippen LogP contribution in [0.25, 0.3) is 10.9 Å². The number of benzene rings is 1. The molecule has 2 aromatic rings. The number of rotatable bonds is 2. The molecule has 0 aliphatic heterocycles. The molecule has 0 spiro atoms. The van der Waals surface area contributed by atoms with Crippen LogP contribution in [0.2, 0.25) is 0 Å². The first kappa shape index (κ1) is 13.0. The lowest BCUT2D eigenvalue weighted by Crippen LogP contribution is -2.39. The van der Waals surface area contributed by atoms with Crippen LogP contribution in [-0.2, 0) is 9.59 Å². The molecule has 1 aromatic carbocycles. The SMILES string of the molecule is CC(C)NC(=O)C(=O)Nc1cccc2ncccc12.